The van der Waals surface area contributed by atoms with Crippen molar-refractivity contribution >= 4 is 11.7 Å². The number of rotatable bonds is 5. The highest BCUT2D eigenvalue weighted by atomic mass is 16.6. The number of hydrogen-bond acceptors (Lipinski definition) is 5. The molecule has 0 atom stereocenters. The number of nitrogens with zero attached hydrogens (tertiary/aromatic N) is 1. The second kappa shape index (κ2) is 6.51. The number of non-ortho nitro benzene ring substituents is 1. The first-order chi connectivity index (χ1) is 10.1. The molecule has 21 heavy (non-hydrogen) atoms. The van der Waals surface area contributed by atoms with Gasteiger partial charge in [-0.1, -0.05) is 0 Å². The average Bonchev–Trinajstić information content (AvgIpc) is 2.53. The molecule has 2 aromatic rings. The Morgan fingerprint density at radius 3 is 2.24 bits per heavy atom. The molecule has 0 aliphatic rings. The Bertz CT molecular complexity index is 634. The van der Waals surface area contributed by atoms with E-state index >= 15 is 0 Å². The normalized spacial score (nSPS) is 9.95. The van der Waals surface area contributed by atoms with Crippen LogP contribution in [0.5, 0.6) is 5.75 Å². The molecule has 0 saturated heterocycles. The van der Waals surface area contributed by atoms with Crippen LogP contribution >= 0.6 is 0 Å². The van der Waals surface area contributed by atoms with Gasteiger partial charge in [0.25, 0.3) is 5.69 Å². The molecule has 108 valence electrons. The second-order valence-corrected chi connectivity index (χ2v) is 4.23. The van der Waals surface area contributed by atoms with Gasteiger partial charge in [-0.05, 0) is 42.0 Å². The van der Waals surface area contributed by atoms with Gasteiger partial charge in [0.2, 0.25) is 0 Å². The minimum absolute atomic E-state index is 0.000214. The predicted molar refractivity (Wildman–Crippen MR) is 75.2 cm³/mol. The highest BCUT2D eigenvalue weighted by molar-refractivity contribution is 5.89. The Labute approximate surface area is 121 Å². The van der Waals surface area contributed by atoms with Crippen LogP contribution in [0.15, 0.2) is 48.5 Å². The number of ether oxygens (including phenoxy) is 2. The van der Waals surface area contributed by atoms with Crippen LogP contribution in [-0.2, 0) is 11.3 Å². The molecule has 0 saturated carbocycles. The third-order valence-corrected chi connectivity index (χ3v) is 2.84. The van der Waals surface area contributed by atoms with Crippen molar-refractivity contribution in [2.24, 2.45) is 0 Å². The zero-order chi connectivity index (χ0) is 15.2. The molecule has 6 heteroatoms. The number of benzene rings is 2. The predicted octanol–water partition coefficient (Wildman–Crippen LogP) is 2.96. The first-order valence-corrected chi connectivity index (χ1v) is 6.14. The van der Waals surface area contributed by atoms with Gasteiger partial charge in [-0.25, -0.2) is 4.79 Å². The van der Waals surface area contributed by atoms with Crippen molar-refractivity contribution in [2.75, 3.05) is 7.11 Å². The van der Waals surface area contributed by atoms with E-state index in [0.29, 0.717) is 16.9 Å². The van der Waals surface area contributed by atoms with Crippen molar-refractivity contribution in [3.8, 4) is 5.75 Å². The average molecular weight is 287 g/mol. The zero-order valence-corrected chi connectivity index (χ0v) is 11.3. The molecule has 0 aliphatic carbocycles. The van der Waals surface area contributed by atoms with Gasteiger partial charge in [0.15, 0.2) is 0 Å². The molecule has 2 rings (SSSR count). The topological polar surface area (TPSA) is 78.7 Å². The van der Waals surface area contributed by atoms with Crippen molar-refractivity contribution in [2.45, 2.75) is 6.61 Å². The molecule has 0 bridgehead atoms. The standard InChI is InChI=1S/C15H13NO5/c1-20-14-8-4-12(5-9-14)15(17)21-10-11-2-6-13(7-3-11)16(18)19/h2-9H,10H2,1H3. The Morgan fingerprint density at radius 1 is 1.10 bits per heavy atom. The molecule has 0 spiro atoms. The monoisotopic (exact) mass is 287 g/mol. The minimum Gasteiger partial charge on any atom is -0.497 e. The lowest BCUT2D eigenvalue weighted by Crippen LogP contribution is -2.05. The van der Waals surface area contributed by atoms with Crippen molar-refractivity contribution < 1.29 is 19.2 Å². The summed E-state index contributed by atoms with van der Waals surface area (Å²) in [6.07, 6.45) is 0. The van der Waals surface area contributed by atoms with Gasteiger partial charge in [0.05, 0.1) is 17.6 Å². The van der Waals surface area contributed by atoms with E-state index in [1.165, 1.54) is 12.1 Å². The molecular formula is C15H13NO5. The number of carbonyl (C=O) groups is 1. The van der Waals surface area contributed by atoms with Crippen LogP contribution in [0.4, 0.5) is 5.69 Å². The molecule has 0 amide bonds. The molecule has 0 aromatic heterocycles. The summed E-state index contributed by atoms with van der Waals surface area (Å²) in [5.74, 6) is 0.193. The van der Waals surface area contributed by atoms with Crippen LogP contribution in [0.25, 0.3) is 0 Å². The molecule has 0 N–H and O–H groups in total. The summed E-state index contributed by atoms with van der Waals surface area (Å²) in [5.41, 5.74) is 1.10. The molecule has 0 unspecified atom stereocenters. The zero-order valence-electron chi connectivity index (χ0n) is 11.3. The summed E-state index contributed by atoms with van der Waals surface area (Å²) in [4.78, 5) is 21.9. The van der Waals surface area contributed by atoms with Crippen LogP contribution in [0.1, 0.15) is 15.9 Å². The minimum atomic E-state index is -0.479. The smallest absolute Gasteiger partial charge is 0.338 e. The maximum atomic E-state index is 11.8. The lowest BCUT2D eigenvalue weighted by molar-refractivity contribution is -0.384. The van der Waals surface area contributed by atoms with E-state index in [-0.39, 0.29) is 12.3 Å². The molecule has 6 nitrogen and oxygen atoms in total. The first-order valence-electron chi connectivity index (χ1n) is 6.14. The van der Waals surface area contributed by atoms with E-state index in [4.69, 9.17) is 9.47 Å². The van der Waals surface area contributed by atoms with Crippen LogP contribution in [0.3, 0.4) is 0 Å². The molecule has 0 heterocycles. The number of nitro benzene ring substituents is 1. The lowest BCUT2D eigenvalue weighted by atomic mass is 10.2. The van der Waals surface area contributed by atoms with Crippen LogP contribution in [0, 0.1) is 10.1 Å². The molecule has 0 aliphatic heterocycles. The summed E-state index contributed by atoms with van der Waals surface area (Å²) >= 11 is 0. The van der Waals surface area contributed by atoms with Crippen molar-refractivity contribution in [3.63, 3.8) is 0 Å². The van der Waals surface area contributed by atoms with E-state index in [9.17, 15) is 14.9 Å². The van der Waals surface area contributed by atoms with Crippen molar-refractivity contribution in [1.29, 1.82) is 0 Å². The van der Waals surface area contributed by atoms with Gasteiger partial charge in [0.1, 0.15) is 12.4 Å². The summed E-state index contributed by atoms with van der Waals surface area (Å²) in [7, 11) is 1.54. The van der Waals surface area contributed by atoms with E-state index in [2.05, 4.69) is 0 Å². The van der Waals surface area contributed by atoms with Gasteiger partial charge < -0.3 is 9.47 Å². The van der Waals surface area contributed by atoms with Crippen LogP contribution in [0.2, 0.25) is 0 Å². The van der Waals surface area contributed by atoms with E-state index in [1.807, 2.05) is 0 Å². The third-order valence-electron chi connectivity index (χ3n) is 2.84. The largest absolute Gasteiger partial charge is 0.497 e. The highest BCUT2D eigenvalue weighted by Crippen LogP contribution is 2.15. The highest BCUT2D eigenvalue weighted by Gasteiger charge is 2.09. The first kappa shape index (κ1) is 14.5. The van der Waals surface area contributed by atoms with Gasteiger partial charge >= 0.3 is 5.97 Å². The van der Waals surface area contributed by atoms with Gasteiger partial charge in [0, 0.05) is 12.1 Å². The number of esters is 1. The van der Waals surface area contributed by atoms with E-state index in [0.717, 1.165) is 0 Å². The van der Waals surface area contributed by atoms with E-state index < -0.39 is 10.9 Å². The molecule has 2 aromatic carbocycles. The molecule has 0 radical (unpaired) electrons. The Hall–Kier alpha value is -2.89. The number of carbonyl (C=O) groups excluding carboxylic acids is 1. The molecular weight excluding hydrogens is 274 g/mol. The van der Waals surface area contributed by atoms with Crippen LogP contribution in [-0.4, -0.2) is 18.0 Å². The van der Waals surface area contributed by atoms with E-state index in [1.54, 1.807) is 43.5 Å². The summed E-state index contributed by atoms with van der Waals surface area (Å²) < 4.78 is 10.1. The molecule has 0 fully saturated rings. The van der Waals surface area contributed by atoms with Gasteiger partial charge in [-0.15, -0.1) is 0 Å². The fraction of sp³-hybridized carbons (Fsp3) is 0.133. The number of hydrogen-bond donors (Lipinski definition) is 0. The fourth-order valence-electron chi connectivity index (χ4n) is 1.67. The third kappa shape index (κ3) is 3.79. The maximum Gasteiger partial charge on any atom is 0.338 e. The Balaban J connectivity index is 1.95. The Kier molecular flexibility index (Phi) is 4.50. The number of methoxy groups -OCH3 is 1. The quantitative estimate of drug-likeness (QED) is 0.480. The number of nitro groups is 1. The maximum absolute atomic E-state index is 11.8. The SMILES string of the molecule is COc1ccc(C(=O)OCc2ccc([N+](=O)[O-])cc2)cc1. The van der Waals surface area contributed by atoms with Crippen LogP contribution < -0.4 is 4.74 Å². The second-order valence-electron chi connectivity index (χ2n) is 4.23. The van der Waals surface area contributed by atoms with Crippen molar-refractivity contribution in [1.82, 2.24) is 0 Å². The summed E-state index contributed by atoms with van der Waals surface area (Å²) in [5, 5.41) is 10.5. The summed E-state index contributed by atoms with van der Waals surface area (Å²) in [6, 6.07) is 12.4. The fourth-order valence-corrected chi connectivity index (χ4v) is 1.67. The van der Waals surface area contributed by atoms with Crippen molar-refractivity contribution in [3.05, 3.63) is 69.8 Å². The summed E-state index contributed by atoms with van der Waals surface area (Å²) in [6.45, 7) is 0.0584. The lowest BCUT2D eigenvalue weighted by Gasteiger charge is -2.05. The van der Waals surface area contributed by atoms with Gasteiger partial charge in [-0.2, -0.15) is 0 Å². The Morgan fingerprint density at radius 2 is 1.71 bits per heavy atom. The van der Waals surface area contributed by atoms with Gasteiger partial charge in [-0.3, -0.25) is 10.1 Å².